The molecule has 2 nitrogen and oxygen atoms in total. The first-order chi connectivity index (χ1) is 5.83. The Bertz CT molecular complexity index is 143. The summed E-state index contributed by atoms with van der Waals surface area (Å²) in [5, 5.41) is 0. The second-order valence-corrected chi connectivity index (χ2v) is 3.67. The van der Waals surface area contributed by atoms with Gasteiger partial charge >= 0.3 is 0 Å². The fourth-order valence-corrected chi connectivity index (χ4v) is 1.38. The number of thiocarbonyl (C=S) groups is 1. The maximum Gasteiger partial charge on any atom is 0.0594 e. The summed E-state index contributed by atoms with van der Waals surface area (Å²) in [6.07, 6.45) is 2.12. The van der Waals surface area contributed by atoms with E-state index in [1.165, 1.54) is 4.86 Å². The van der Waals surface area contributed by atoms with Crippen molar-refractivity contribution in [3.05, 3.63) is 0 Å². The molecule has 1 fully saturated rings. The predicted octanol–water partition coefficient (Wildman–Crippen LogP) is 1.49. The number of morpholine rings is 1. The van der Waals surface area contributed by atoms with Crippen LogP contribution >= 0.6 is 12.2 Å². The van der Waals surface area contributed by atoms with Gasteiger partial charge in [-0.3, -0.25) is 4.90 Å². The molecule has 0 atom stereocenters. The van der Waals surface area contributed by atoms with Crippen LogP contribution in [0, 0.1) is 0 Å². The molecule has 3 heteroatoms. The van der Waals surface area contributed by atoms with E-state index in [-0.39, 0.29) is 0 Å². The molecule has 70 valence electrons. The Morgan fingerprint density at radius 3 is 2.67 bits per heavy atom. The normalized spacial score (nSPS) is 19.4. The summed E-state index contributed by atoms with van der Waals surface area (Å²) in [6, 6.07) is 0. The van der Waals surface area contributed by atoms with Gasteiger partial charge in [-0.1, -0.05) is 19.1 Å². The van der Waals surface area contributed by atoms with Crippen LogP contribution in [0.25, 0.3) is 0 Å². The Balaban J connectivity index is 2.09. The maximum absolute atomic E-state index is 5.26. The molecule has 0 bridgehead atoms. The maximum atomic E-state index is 5.26. The van der Waals surface area contributed by atoms with E-state index in [9.17, 15) is 0 Å². The summed E-state index contributed by atoms with van der Waals surface area (Å²) in [5.41, 5.74) is 0. The summed E-state index contributed by atoms with van der Waals surface area (Å²) in [4.78, 5) is 3.62. The molecule has 0 saturated carbocycles. The quantitative estimate of drug-likeness (QED) is 0.619. The Morgan fingerprint density at radius 1 is 1.42 bits per heavy atom. The Kier molecular flexibility index (Phi) is 4.73. The molecule has 0 amide bonds. The monoisotopic (exact) mass is 187 g/mol. The molecule has 1 rings (SSSR count). The van der Waals surface area contributed by atoms with Crippen molar-refractivity contribution in [3.8, 4) is 0 Å². The van der Waals surface area contributed by atoms with Gasteiger partial charge in [0.05, 0.1) is 13.2 Å². The molecule has 12 heavy (non-hydrogen) atoms. The highest BCUT2D eigenvalue weighted by molar-refractivity contribution is 7.80. The van der Waals surface area contributed by atoms with Crippen molar-refractivity contribution in [2.45, 2.75) is 19.8 Å². The van der Waals surface area contributed by atoms with Gasteiger partial charge in [0.25, 0.3) is 0 Å². The SMILES string of the molecule is CCC(=S)CCN1CCOCC1. The average Bonchev–Trinajstić information content (AvgIpc) is 2.16. The van der Waals surface area contributed by atoms with Gasteiger partial charge in [0, 0.05) is 19.6 Å². The second kappa shape index (κ2) is 5.62. The summed E-state index contributed by atoms with van der Waals surface area (Å²) in [6.45, 7) is 7.17. The van der Waals surface area contributed by atoms with Gasteiger partial charge in [-0.2, -0.15) is 0 Å². The summed E-state index contributed by atoms with van der Waals surface area (Å²) in [5.74, 6) is 0. The minimum absolute atomic E-state index is 0.888. The highest BCUT2D eigenvalue weighted by Crippen LogP contribution is 2.00. The topological polar surface area (TPSA) is 12.5 Å². The van der Waals surface area contributed by atoms with E-state index in [2.05, 4.69) is 11.8 Å². The van der Waals surface area contributed by atoms with Crippen LogP contribution in [0.3, 0.4) is 0 Å². The lowest BCUT2D eigenvalue weighted by Crippen LogP contribution is -2.37. The molecule has 0 N–H and O–H groups in total. The minimum Gasteiger partial charge on any atom is -0.379 e. The van der Waals surface area contributed by atoms with Gasteiger partial charge in [0.1, 0.15) is 0 Å². The number of ether oxygens (including phenoxy) is 1. The third kappa shape index (κ3) is 3.61. The van der Waals surface area contributed by atoms with Crippen LogP contribution in [0.4, 0.5) is 0 Å². The van der Waals surface area contributed by atoms with Crippen LogP contribution in [0.5, 0.6) is 0 Å². The highest BCUT2D eigenvalue weighted by atomic mass is 32.1. The van der Waals surface area contributed by atoms with Crippen LogP contribution in [-0.4, -0.2) is 42.6 Å². The Morgan fingerprint density at radius 2 is 2.08 bits per heavy atom. The fourth-order valence-electron chi connectivity index (χ4n) is 1.28. The molecule has 0 aromatic rings. The summed E-state index contributed by atoms with van der Waals surface area (Å²) in [7, 11) is 0. The number of hydrogen-bond donors (Lipinski definition) is 0. The Labute approximate surface area is 79.9 Å². The molecule has 1 aliphatic rings. The van der Waals surface area contributed by atoms with Crippen LogP contribution < -0.4 is 0 Å². The van der Waals surface area contributed by atoms with E-state index < -0.39 is 0 Å². The largest absolute Gasteiger partial charge is 0.379 e. The van der Waals surface area contributed by atoms with Crippen molar-refractivity contribution in [1.29, 1.82) is 0 Å². The molecule has 0 aromatic carbocycles. The van der Waals surface area contributed by atoms with E-state index in [4.69, 9.17) is 17.0 Å². The van der Waals surface area contributed by atoms with Gasteiger partial charge in [-0.25, -0.2) is 0 Å². The van der Waals surface area contributed by atoms with Gasteiger partial charge in [-0.15, -0.1) is 0 Å². The third-order valence-corrected chi connectivity index (χ3v) is 2.70. The molecule has 0 aromatic heterocycles. The van der Waals surface area contributed by atoms with Crippen molar-refractivity contribution in [2.75, 3.05) is 32.8 Å². The zero-order chi connectivity index (χ0) is 8.81. The molecule has 0 aliphatic carbocycles. The Hall–Kier alpha value is 0.0100. The first-order valence-electron chi connectivity index (χ1n) is 4.64. The van der Waals surface area contributed by atoms with E-state index in [1.54, 1.807) is 0 Å². The van der Waals surface area contributed by atoms with Crippen LogP contribution in [0.15, 0.2) is 0 Å². The van der Waals surface area contributed by atoms with Crippen LogP contribution in [-0.2, 0) is 4.74 Å². The first kappa shape index (κ1) is 10.1. The number of rotatable bonds is 4. The zero-order valence-corrected chi connectivity index (χ0v) is 8.53. The van der Waals surface area contributed by atoms with Crippen molar-refractivity contribution >= 4 is 17.1 Å². The van der Waals surface area contributed by atoms with Crippen LogP contribution in [0.1, 0.15) is 19.8 Å². The van der Waals surface area contributed by atoms with Gasteiger partial charge in [0.2, 0.25) is 0 Å². The molecule has 0 radical (unpaired) electrons. The van der Waals surface area contributed by atoms with E-state index in [1.807, 2.05) is 0 Å². The molecular weight excluding hydrogens is 170 g/mol. The van der Waals surface area contributed by atoms with Gasteiger partial charge in [0.15, 0.2) is 0 Å². The molecule has 0 spiro atoms. The highest BCUT2D eigenvalue weighted by Gasteiger charge is 2.09. The second-order valence-electron chi connectivity index (χ2n) is 3.10. The van der Waals surface area contributed by atoms with Gasteiger partial charge in [-0.05, 0) is 17.7 Å². The van der Waals surface area contributed by atoms with E-state index >= 15 is 0 Å². The summed E-state index contributed by atoms with van der Waals surface area (Å²) >= 11 is 5.17. The van der Waals surface area contributed by atoms with E-state index in [0.29, 0.717) is 0 Å². The average molecular weight is 187 g/mol. The van der Waals surface area contributed by atoms with Crippen LogP contribution in [0.2, 0.25) is 0 Å². The van der Waals surface area contributed by atoms with Crippen molar-refractivity contribution in [2.24, 2.45) is 0 Å². The lowest BCUT2D eigenvalue weighted by atomic mass is 10.2. The molecular formula is C9H17NOS. The first-order valence-corrected chi connectivity index (χ1v) is 5.05. The molecule has 1 aliphatic heterocycles. The molecule has 1 heterocycles. The fraction of sp³-hybridized carbons (Fsp3) is 0.889. The van der Waals surface area contributed by atoms with Crippen molar-refractivity contribution < 1.29 is 4.74 Å². The smallest absolute Gasteiger partial charge is 0.0594 e. The predicted molar refractivity (Wildman–Crippen MR) is 54.8 cm³/mol. The standard InChI is InChI=1S/C9H17NOS/c1-2-9(12)3-4-10-5-7-11-8-6-10/h2-8H2,1H3. The van der Waals surface area contributed by atoms with Crippen molar-refractivity contribution in [3.63, 3.8) is 0 Å². The summed E-state index contributed by atoms with van der Waals surface area (Å²) < 4.78 is 5.26. The zero-order valence-electron chi connectivity index (χ0n) is 7.71. The number of hydrogen-bond acceptors (Lipinski definition) is 3. The lowest BCUT2D eigenvalue weighted by Gasteiger charge is -2.26. The molecule has 1 saturated heterocycles. The number of nitrogens with zero attached hydrogens (tertiary/aromatic N) is 1. The van der Waals surface area contributed by atoms with Gasteiger partial charge < -0.3 is 4.74 Å². The van der Waals surface area contributed by atoms with E-state index in [0.717, 1.165) is 45.7 Å². The van der Waals surface area contributed by atoms with Crippen molar-refractivity contribution in [1.82, 2.24) is 4.90 Å². The molecule has 0 unspecified atom stereocenters. The minimum atomic E-state index is 0.888. The lowest BCUT2D eigenvalue weighted by molar-refractivity contribution is 0.0392. The third-order valence-electron chi connectivity index (χ3n) is 2.20.